The van der Waals surface area contributed by atoms with Crippen molar-refractivity contribution in [1.29, 1.82) is 0 Å². The second-order valence-corrected chi connectivity index (χ2v) is 6.42. The molecule has 0 aliphatic carbocycles. The maximum atomic E-state index is 11.3. The number of amides is 1. The molecule has 0 heterocycles. The molecule has 7 heteroatoms. The van der Waals surface area contributed by atoms with Crippen LogP contribution in [0.4, 0.5) is 0 Å². The summed E-state index contributed by atoms with van der Waals surface area (Å²) in [7, 11) is -3.34. The first kappa shape index (κ1) is 15.2. The quantitative estimate of drug-likeness (QED) is 0.840. The molecule has 19 heavy (non-hydrogen) atoms. The molecule has 1 aromatic rings. The topological polar surface area (TPSA) is 101 Å². The summed E-state index contributed by atoms with van der Waals surface area (Å²) in [4.78, 5) is 22.5. The Morgan fingerprint density at radius 3 is 2.00 bits per heavy atom. The van der Waals surface area contributed by atoms with Crippen LogP contribution in [0.25, 0.3) is 0 Å². The van der Waals surface area contributed by atoms with Crippen molar-refractivity contribution in [2.24, 2.45) is 0 Å². The molecular formula is C12H15NO5S. The van der Waals surface area contributed by atoms with Crippen LogP contribution in [0, 0.1) is 0 Å². The average Bonchev–Trinajstić information content (AvgIpc) is 2.26. The second-order valence-electron chi connectivity index (χ2n) is 4.41. The van der Waals surface area contributed by atoms with Gasteiger partial charge in [-0.05, 0) is 24.6 Å². The monoisotopic (exact) mass is 285 g/mol. The average molecular weight is 285 g/mol. The second kappa shape index (κ2) is 5.00. The van der Waals surface area contributed by atoms with Crippen molar-refractivity contribution in [3.05, 3.63) is 29.8 Å². The van der Waals surface area contributed by atoms with Crippen molar-refractivity contribution in [2.75, 3.05) is 6.26 Å². The molecule has 0 fully saturated rings. The molecule has 1 aromatic carbocycles. The zero-order valence-corrected chi connectivity index (χ0v) is 11.6. The summed E-state index contributed by atoms with van der Waals surface area (Å²) in [6.45, 7) is 2.55. The molecule has 0 aliphatic rings. The lowest BCUT2D eigenvalue weighted by Crippen LogP contribution is -2.48. The van der Waals surface area contributed by atoms with Gasteiger partial charge in [0.25, 0.3) is 0 Å². The van der Waals surface area contributed by atoms with E-state index in [0.29, 0.717) is 5.56 Å². The Morgan fingerprint density at radius 1 is 1.21 bits per heavy atom. The zero-order chi connectivity index (χ0) is 14.8. The molecule has 0 aliphatic heterocycles. The molecule has 0 aromatic heterocycles. The zero-order valence-electron chi connectivity index (χ0n) is 10.8. The highest BCUT2D eigenvalue weighted by Gasteiger charge is 2.36. The summed E-state index contributed by atoms with van der Waals surface area (Å²) in [5.41, 5.74) is -1.30. The Morgan fingerprint density at radius 2 is 1.68 bits per heavy atom. The third kappa shape index (κ3) is 3.31. The third-order valence-corrected chi connectivity index (χ3v) is 3.84. The Bertz CT molecular complexity index is 606. The van der Waals surface area contributed by atoms with Crippen molar-refractivity contribution in [3.63, 3.8) is 0 Å². The number of sulfone groups is 1. The molecule has 1 atom stereocenters. The minimum Gasteiger partial charge on any atom is -0.479 e. The van der Waals surface area contributed by atoms with Crippen LogP contribution in [0.3, 0.4) is 0 Å². The fourth-order valence-electron chi connectivity index (χ4n) is 1.64. The predicted octanol–water partition coefficient (Wildman–Crippen LogP) is 0.526. The fourth-order valence-corrected chi connectivity index (χ4v) is 2.27. The number of aliphatic carboxylic acids is 1. The first-order valence-corrected chi connectivity index (χ1v) is 7.29. The largest absolute Gasteiger partial charge is 0.479 e. The minimum atomic E-state index is -3.34. The summed E-state index contributed by atoms with van der Waals surface area (Å²) in [6.07, 6.45) is 1.06. The first-order chi connectivity index (χ1) is 8.57. The van der Waals surface area contributed by atoms with Crippen LogP contribution in [0.15, 0.2) is 29.2 Å². The lowest BCUT2D eigenvalue weighted by atomic mass is 9.92. The smallest absolute Gasteiger partial charge is 0.333 e. The minimum absolute atomic E-state index is 0.0896. The Hall–Kier alpha value is -1.89. The summed E-state index contributed by atoms with van der Waals surface area (Å²) in [5.74, 6) is -1.72. The highest BCUT2D eigenvalue weighted by atomic mass is 32.2. The molecule has 0 radical (unpaired) electrons. The van der Waals surface area contributed by atoms with Crippen LogP contribution >= 0.6 is 0 Å². The van der Waals surface area contributed by atoms with Gasteiger partial charge >= 0.3 is 5.97 Å². The molecular weight excluding hydrogens is 270 g/mol. The van der Waals surface area contributed by atoms with Gasteiger partial charge in [-0.25, -0.2) is 13.2 Å². The highest BCUT2D eigenvalue weighted by Crippen LogP contribution is 2.23. The number of rotatable bonds is 4. The summed E-state index contributed by atoms with van der Waals surface area (Å²) >= 11 is 0. The van der Waals surface area contributed by atoms with E-state index in [-0.39, 0.29) is 4.90 Å². The fraction of sp³-hybridized carbons (Fsp3) is 0.333. The number of hydrogen-bond donors (Lipinski definition) is 2. The van der Waals surface area contributed by atoms with Gasteiger partial charge in [0.15, 0.2) is 15.4 Å². The van der Waals surface area contributed by atoms with Gasteiger partial charge in [0, 0.05) is 13.2 Å². The van der Waals surface area contributed by atoms with E-state index in [1.165, 1.54) is 38.1 Å². The summed E-state index contributed by atoms with van der Waals surface area (Å²) < 4.78 is 22.6. The molecule has 0 saturated heterocycles. The molecule has 6 nitrogen and oxygen atoms in total. The van der Waals surface area contributed by atoms with Crippen LogP contribution in [0.2, 0.25) is 0 Å². The lowest BCUT2D eigenvalue weighted by Gasteiger charge is -2.26. The number of carbonyl (C=O) groups excluding carboxylic acids is 1. The van der Waals surface area contributed by atoms with Crippen molar-refractivity contribution < 1.29 is 23.1 Å². The van der Waals surface area contributed by atoms with Crippen LogP contribution in [-0.4, -0.2) is 31.7 Å². The molecule has 0 bridgehead atoms. The third-order valence-electron chi connectivity index (χ3n) is 2.71. The molecule has 0 spiro atoms. The standard InChI is InChI=1S/C12H15NO5S/c1-8(14)13-12(2,11(15)16)9-4-6-10(7-5-9)19(3,17)18/h4-7H,1-3H3,(H,13,14)(H,15,16). The Labute approximate surface area is 111 Å². The highest BCUT2D eigenvalue weighted by molar-refractivity contribution is 7.90. The van der Waals surface area contributed by atoms with Crippen LogP contribution < -0.4 is 5.32 Å². The normalized spacial score (nSPS) is 14.5. The van der Waals surface area contributed by atoms with Gasteiger partial charge < -0.3 is 10.4 Å². The maximum absolute atomic E-state index is 11.3. The van der Waals surface area contributed by atoms with Gasteiger partial charge in [-0.2, -0.15) is 0 Å². The molecule has 1 rings (SSSR count). The van der Waals surface area contributed by atoms with Gasteiger partial charge in [-0.15, -0.1) is 0 Å². The van der Waals surface area contributed by atoms with Crippen molar-refractivity contribution in [3.8, 4) is 0 Å². The maximum Gasteiger partial charge on any atom is 0.333 e. The predicted molar refractivity (Wildman–Crippen MR) is 68.4 cm³/mol. The van der Waals surface area contributed by atoms with E-state index >= 15 is 0 Å². The van der Waals surface area contributed by atoms with Crippen molar-refractivity contribution >= 4 is 21.7 Å². The number of benzene rings is 1. The molecule has 1 unspecified atom stereocenters. The van der Waals surface area contributed by atoms with Gasteiger partial charge in [0.2, 0.25) is 5.91 Å². The van der Waals surface area contributed by atoms with E-state index < -0.39 is 27.3 Å². The first-order valence-electron chi connectivity index (χ1n) is 5.40. The van der Waals surface area contributed by atoms with Gasteiger partial charge in [-0.1, -0.05) is 12.1 Å². The molecule has 1 amide bonds. The van der Waals surface area contributed by atoms with Gasteiger partial charge in [0.1, 0.15) is 0 Å². The molecule has 104 valence electrons. The SMILES string of the molecule is CC(=O)NC(C)(C(=O)O)c1ccc(S(C)(=O)=O)cc1. The van der Waals surface area contributed by atoms with E-state index in [2.05, 4.69) is 5.32 Å². The van der Waals surface area contributed by atoms with E-state index in [1.807, 2.05) is 0 Å². The summed E-state index contributed by atoms with van der Waals surface area (Å²) in [5, 5.41) is 11.6. The van der Waals surface area contributed by atoms with Crippen molar-refractivity contribution in [2.45, 2.75) is 24.3 Å². The van der Waals surface area contributed by atoms with Crippen molar-refractivity contribution in [1.82, 2.24) is 5.32 Å². The van der Waals surface area contributed by atoms with Crippen LogP contribution in [0.5, 0.6) is 0 Å². The molecule has 2 N–H and O–H groups in total. The van der Waals surface area contributed by atoms with E-state index in [1.54, 1.807) is 0 Å². The number of carbonyl (C=O) groups is 2. The number of nitrogens with one attached hydrogen (secondary N) is 1. The summed E-state index contributed by atoms with van der Waals surface area (Å²) in [6, 6.07) is 5.38. The molecule has 0 saturated carbocycles. The van der Waals surface area contributed by atoms with Gasteiger partial charge in [0.05, 0.1) is 4.90 Å². The van der Waals surface area contributed by atoms with Crippen LogP contribution in [0.1, 0.15) is 19.4 Å². The Balaban J connectivity index is 3.26. The van der Waals surface area contributed by atoms with E-state index in [0.717, 1.165) is 6.26 Å². The Kier molecular flexibility index (Phi) is 4.00. The number of carboxylic acid groups (broad SMARTS) is 1. The van der Waals surface area contributed by atoms with Gasteiger partial charge in [-0.3, -0.25) is 4.79 Å². The van der Waals surface area contributed by atoms with E-state index in [4.69, 9.17) is 0 Å². The number of carboxylic acids is 1. The number of hydrogen-bond acceptors (Lipinski definition) is 4. The van der Waals surface area contributed by atoms with Crippen LogP contribution in [-0.2, 0) is 25.0 Å². The lowest BCUT2D eigenvalue weighted by molar-refractivity contribution is -0.147. The van der Waals surface area contributed by atoms with E-state index in [9.17, 15) is 23.1 Å².